The molecule has 2 aliphatic rings. The number of ether oxygens (including phenoxy) is 1. The van der Waals surface area contributed by atoms with E-state index in [4.69, 9.17) is 16.3 Å². The zero-order valence-electron chi connectivity index (χ0n) is 20.3. The molecule has 2 aromatic carbocycles. The molecule has 1 fully saturated rings. The lowest BCUT2D eigenvalue weighted by Gasteiger charge is -2.34. The highest BCUT2D eigenvalue weighted by molar-refractivity contribution is 6.31. The molecule has 0 radical (unpaired) electrons. The molecule has 3 heterocycles. The Hall–Kier alpha value is -4.50. The highest BCUT2D eigenvalue weighted by Crippen LogP contribution is 2.36. The van der Waals surface area contributed by atoms with Crippen LogP contribution in [0, 0.1) is 12.8 Å². The van der Waals surface area contributed by atoms with Gasteiger partial charge < -0.3 is 10.1 Å². The smallest absolute Gasteiger partial charge is 0.321 e. The molecule has 5 rings (SSSR count). The summed E-state index contributed by atoms with van der Waals surface area (Å²) in [6.45, 7) is 2.21. The van der Waals surface area contributed by atoms with Crippen LogP contribution in [0.1, 0.15) is 22.6 Å². The van der Waals surface area contributed by atoms with Gasteiger partial charge in [-0.2, -0.15) is 0 Å². The molecular formula is C28H23ClN4O5. The van der Waals surface area contributed by atoms with Crippen LogP contribution in [0.3, 0.4) is 0 Å². The fourth-order valence-electron chi connectivity index (χ4n) is 4.49. The maximum atomic E-state index is 13.7. The van der Waals surface area contributed by atoms with Crippen molar-refractivity contribution in [1.29, 1.82) is 0 Å². The summed E-state index contributed by atoms with van der Waals surface area (Å²) in [5.74, 6) is -3.29. The molecule has 192 valence electrons. The van der Waals surface area contributed by atoms with E-state index in [-0.39, 0.29) is 17.8 Å². The lowest BCUT2D eigenvalue weighted by molar-refractivity contribution is -0.129. The molecule has 9 nitrogen and oxygen atoms in total. The van der Waals surface area contributed by atoms with E-state index in [2.05, 4.69) is 15.6 Å². The minimum Gasteiger partial charge on any atom is -0.489 e. The number of urea groups is 1. The molecule has 1 saturated heterocycles. The van der Waals surface area contributed by atoms with Gasteiger partial charge in [0, 0.05) is 23.3 Å². The number of halogens is 1. The van der Waals surface area contributed by atoms with Crippen molar-refractivity contribution in [2.24, 2.45) is 5.92 Å². The quantitative estimate of drug-likeness (QED) is 0.470. The molecule has 5 amide bonds. The molecule has 0 aliphatic carbocycles. The predicted octanol–water partition coefficient (Wildman–Crippen LogP) is 3.66. The molecule has 2 unspecified atom stereocenters. The summed E-state index contributed by atoms with van der Waals surface area (Å²) in [5.41, 5.74) is 2.91. The zero-order valence-corrected chi connectivity index (χ0v) is 21.1. The summed E-state index contributed by atoms with van der Waals surface area (Å²) < 4.78 is 6.01. The third-order valence-electron chi connectivity index (χ3n) is 6.49. The number of carbonyl (C=O) groups excluding carboxylic acids is 4. The lowest BCUT2D eigenvalue weighted by atomic mass is 9.85. The van der Waals surface area contributed by atoms with Crippen LogP contribution in [-0.4, -0.2) is 35.3 Å². The first-order chi connectivity index (χ1) is 18.3. The van der Waals surface area contributed by atoms with Crippen LogP contribution in [0.5, 0.6) is 5.75 Å². The second kappa shape index (κ2) is 10.5. The van der Waals surface area contributed by atoms with Crippen molar-refractivity contribution >= 4 is 41.0 Å². The number of rotatable bonds is 6. The van der Waals surface area contributed by atoms with E-state index in [9.17, 15) is 19.2 Å². The summed E-state index contributed by atoms with van der Waals surface area (Å²) in [5, 5.41) is 5.06. The zero-order chi connectivity index (χ0) is 26.8. The monoisotopic (exact) mass is 530 g/mol. The molecule has 2 aliphatic heterocycles. The standard InChI is InChI=1S/C28H23ClN4O5/c1-16-5-2-3-6-17(16)15-38-21-10-18(9-19(29)11-21)22-12-23(24-14-31-28(37)32-25(24)34)27(36)33(26(22)35)20-7-4-8-30-13-20/h2-13,22,24H,14-15H2,1H3,(H2,31,32,34,37). The Balaban J connectivity index is 1.53. The maximum absolute atomic E-state index is 13.7. The predicted molar refractivity (Wildman–Crippen MR) is 140 cm³/mol. The summed E-state index contributed by atoms with van der Waals surface area (Å²) in [4.78, 5) is 56.6. The SMILES string of the molecule is Cc1ccccc1COc1cc(Cl)cc(C2C=C(C3CNC(=O)NC3=O)C(=O)N(c3cccnc3)C2=O)c1. The number of nitrogens with zero attached hydrogens (tertiary/aromatic N) is 2. The Bertz CT molecular complexity index is 1470. The summed E-state index contributed by atoms with van der Waals surface area (Å²) >= 11 is 6.42. The van der Waals surface area contributed by atoms with Gasteiger partial charge >= 0.3 is 6.03 Å². The van der Waals surface area contributed by atoms with E-state index >= 15 is 0 Å². The Kier molecular flexibility index (Phi) is 6.93. The molecule has 0 spiro atoms. The minimum atomic E-state index is -0.981. The van der Waals surface area contributed by atoms with Gasteiger partial charge in [0.1, 0.15) is 12.4 Å². The van der Waals surface area contributed by atoms with Gasteiger partial charge in [0.15, 0.2) is 0 Å². The summed E-state index contributed by atoms with van der Waals surface area (Å²) in [6.07, 6.45) is 4.39. The molecule has 0 saturated carbocycles. The van der Waals surface area contributed by atoms with Crippen molar-refractivity contribution in [1.82, 2.24) is 15.6 Å². The summed E-state index contributed by atoms with van der Waals surface area (Å²) in [6, 6.07) is 15.3. The van der Waals surface area contributed by atoms with Crippen LogP contribution in [0.2, 0.25) is 5.02 Å². The second-order valence-electron chi connectivity index (χ2n) is 8.98. The molecule has 0 bridgehead atoms. The van der Waals surface area contributed by atoms with E-state index in [1.165, 1.54) is 18.5 Å². The van der Waals surface area contributed by atoms with Crippen LogP contribution >= 0.6 is 11.6 Å². The molecule has 10 heteroatoms. The highest BCUT2D eigenvalue weighted by atomic mass is 35.5. The molecule has 2 atom stereocenters. The highest BCUT2D eigenvalue weighted by Gasteiger charge is 2.43. The number of anilines is 1. The Morgan fingerprint density at radius 2 is 1.89 bits per heavy atom. The maximum Gasteiger partial charge on any atom is 0.321 e. The normalized spacial score (nSPS) is 19.5. The number of benzene rings is 2. The van der Waals surface area contributed by atoms with Gasteiger partial charge in [0.05, 0.1) is 23.7 Å². The number of pyridine rings is 1. The Morgan fingerprint density at radius 1 is 1.08 bits per heavy atom. The van der Waals surface area contributed by atoms with Crippen molar-refractivity contribution < 1.29 is 23.9 Å². The number of hydrogen-bond donors (Lipinski definition) is 2. The Labute approximate surface area is 223 Å². The third-order valence-corrected chi connectivity index (χ3v) is 6.71. The van der Waals surface area contributed by atoms with E-state index < -0.39 is 35.6 Å². The van der Waals surface area contributed by atoms with Crippen LogP contribution in [-0.2, 0) is 21.0 Å². The average Bonchev–Trinajstić information content (AvgIpc) is 2.89. The Morgan fingerprint density at radius 3 is 2.63 bits per heavy atom. The van der Waals surface area contributed by atoms with Gasteiger partial charge in [-0.25, -0.2) is 9.69 Å². The average molecular weight is 531 g/mol. The number of aryl methyl sites for hydroxylation is 1. The van der Waals surface area contributed by atoms with Gasteiger partial charge in [0.2, 0.25) is 11.8 Å². The number of nitrogens with one attached hydrogen (secondary N) is 2. The lowest BCUT2D eigenvalue weighted by Crippen LogP contribution is -2.55. The van der Waals surface area contributed by atoms with Gasteiger partial charge in [-0.05, 0) is 53.9 Å². The van der Waals surface area contributed by atoms with Gasteiger partial charge in [-0.15, -0.1) is 0 Å². The molecule has 3 aromatic rings. The number of amides is 5. The van der Waals surface area contributed by atoms with Crippen LogP contribution in [0.25, 0.3) is 0 Å². The minimum absolute atomic E-state index is 0.0790. The van der Waals surface area contributed by atoms with Crippen molar-refractivity contribution in [3.63, 3.8) is 0 Å². The number of imide groups is 2. The number of carbonyl (C=O) groups is 4. The van der Waals surface area contributed by atoms with Crippen LogP contribution < -0.4 is 20.3 Å². The molecule has 1 aromatic heterocycles. The summed E-state index contributed by atoms with van der Waals surface area (Å²) in [7, 11) is 0. The molecule has 38 heavy (non-hydrogen) atoms. The van der Waals surface area contributed by atoms with Crippen molar-refractivity contribution in [2.45, 2.75) is 19.4 Å². The van der Waals surface area contributed by atoms with Gasteiger partial charge in [-0.1, -0.05) is 41.9 Å². The van der Waals surface area contributed by atoms with E-state index in [0.29, 0.717) is 22.9 Å². The van der Waals surface area contributed by atoms with E-state index in [1.807, 2.05) is 31.2 Å². The van der Waals surface area contributed by atoms with Gasteiger partial charge in [-0.3, -0.25) is 24.7 Å². The fraction of sp³-hybridized carbons (Fsp3) is 0.179. The van der Waals surface area contributed by atoms with Crippen molar-refractivity contribution in [2.75, 3.05) is 11.4 Å². The second-order valence-corrected chi connectivity index (χ2v) is 9.41. The fourth-order valence-corrected chi connectivity index (χ4v) is 4.72. The first kappa shape index (κ1) is 25.2. The van der Waals surface area contributed by atoms with E-state index in [0.717, 1.165) is 16.0 Å². The van der Waals surface area contributed by atoms with Crippen LogP contribution in [0.15, 0.2) is 78.6 Å². The van der Waals surface area contributed by atoms with E-state index in [1.54, 1.807) is 30.3 Å². The first-order valence-corrected chi connectivity index (χ1v) is 12.3. The topological polar surface area (TPSA) is 118 Å². The molecule has 2 N–H and O–H groups in total. The van der Waals surface area contributed by atoms with Crippen LogP contribution in [0.4, 0.5) is 10.5 Å². The largest absolute Gasteiger partial charge is 0.489 e. The number of aromatic nitrogens is 1. The molecular weight excluding hydrogens is 508 g/mol. The third kappa shape index (κ3) is 5.01. The number of hydrogen-bond acceptors (Lipinski definition) is 6. The van der Waals surface area contributed by atoms with Crippen molar-refractivity contribution in [3.8, 4) is 5.75 Å². The first-order valence-electron chi connectivity index (χ1n) is 11.9. The van der Waals surface area contributed by atoms with Gasteiger partial charge in [0.25, 0.3) is 5.91 Å². The van der Waals surface area contributed by atoms with Crippen molar-refractivity contribution in [3.05, 3.63) is 100 Å².